The van der Waals surface area contributed by atoms with Gasteiger partial charge in [0.2, 0.25) is 0 Å². The van der Waals surface area contributed by atoms with E-state index in [2.05, 4.69) is 27.0 Å². The number of benzene rings is 2. The summed E-state index contributed by atoms with van der Waals surface area (Å²) >= 11 is 0. The highest BCUT2D eigenvalue weighted by Gasteiger charge is 2.43. The van der Waals surface area contributed by atoms with Crippen molar-refractivity contribution in [1.82, 2.24) is 0 Å². The van der Waals surface area contributed by atoms with Crippen molar-refractivity contribution in [1.29, 1.82) is 0 Å². The second kappa shape index (κ2) is 9.28. The number of hydrogen-bond donors (Lipinski definition) is 1. The lowest BCUT2D eigenvalue weighted by atomic mass is 9.78. The zero-order valence-electron chi connectivity index (χ0n) is 18.1. The van der Waals surface area contributed by atoms with Crippen LogP contribution in [0.4, 0.5) is 0 Å². The molecule has 4 aliphatic rings. The fourth-order valence-corrected chi connectivity index (χ4v) is 3.35. The van der Waals surface area contributed by atoms with Crippen LogP contribution >= 0.6 is 0 Å². The van der Waals surface area contributed by atoms with Crippen LogP contribution in [0.25, 0.3) is 0 Å². The molecule has 0 atom stereocenters. The molecule has 4 heterocycles. The van der Waals surface area contributed by atoms with Gasteiger partial charge in [-0.05, 0) is 35.4 Å². The Hall–Kier alpha value is -3.58. The first-order chi connectivity index (χ1) is 15.2. The van der Waals surface area contributed by atoms with Crippen molar-refractivity contribution in [2.75, 3.05) is 19.8 Å². The molecular formula is C25H26O7. The molecule has 1 N–H and O–H groups in total. The zero-order valence-corrected chi connectivity index (χ0v) is 18.1. The summed E-state index contributed by atoms with van der Waals surface area (Å²) in [5.74, 6) is -2.95. The van der Waals surface area contributed by atoms with E-state index >= 15 is 0 Å². The van der Waals surface area contributed by atoms with Crippen LogP contribution in [-0.2, 0) is 24.5 Å². The molecule has 0 amide bonds. The summed E-state index contributed by atoms with van der Waals surface area (Å²) in [5.41, 5.74) is 1.56. The van der Waals surface area contributed by atoms with E-state index in [0.29, 0.717) is 11.5 Å². The third kappa shape index (κ3) is 4.84. The van der Waals surface area contributed by atoms with Gasteiger partial charge in [-0.2, -0.15) is 0 Å². The molecule has 7 nitrogen and oxygen atoms in total. The molecular weight excluding hydrogens is 412 g/mol. The molecule has 7 heteroatoms. The Labute approximate surface area is 186 Å². The van der Waals surface area contributed by atoms with Gasteiger partial charge in [-0.1, -0.05) is 51.3 Å². The van der Waals surface area contributed by atoms with E-state index in [1.807, 2.05) is 24.3 Å². The fraction of sp³-hybridized carbons (Fsp3) is 0.280. The number of carboxylic acids is 1. The molecule has 6 rings (SSSR count). The quantitative estimate of drug-likeness (QED) is 0.380. The standard InChI is InChI=1S/C25H26O7/c1-5-22(26)30-15-14-29-16-25(17(2)23(27)28)31-20-10-6-18(7-11-20)24(3,4)19-8-12-21(32-25)13-9-19/h5-13H,1-2,14-16H2,3-4H3,(H,27,28). The predicted octanol–water partition coefficient (Wildman–Crippen LogP) is 3.87. The van der Waals surface area contributed by atoms with Gasteiger partial charge in [0.1, 0.15) is 30.3 Å². The normalized spacial score (nSPS) is 15.4. The molecule has 32 heavy (non-hydrogen) atoms. The van der Waals surface area contributed by atoms with E-state index in [-0.39, 0.29) is 30.8 Å². The van der Waals surface area contributed by atoms with Crippen LogP contribution in [0.1, 0.15) is 25.0 Å². The summed E-state index contributed by atoms with van der Waals surface area (Å²) in [7, 11) is 0. The molecule has 4 aliphatic heterocycles. The van der Waals surface area contributed by atoms with Crippen molar-refractivity contribution in [3.8, 4) is 11.5 Å². The summed E-state index contributed by atoms with van der Waals surface area (Å²) in [5, 5.41) is 9.71. The number of ether oxygens (including phenoxy) is 4. The lowest BCUT2D eigenvalue weighted by Gasteiger charge is -2.35. The molecule has 0 aromatic heterocycles. The number of esters is 1. The van der Waals surface area contributed by atoms with Gasteiger partial charge in [0.05, 0.1) is 6.61 Å². The Balaban J connectivity index is 1.96. The molecule has 0 radical (unpaired) electrons. The SMILES string of the molecule is C=CC(=O)OCCOCC1(C(=C)C(=O)O)Oc2ccc(cc2)C(C)(C)c2ccc(cc2)O1. The molecule has 2 aromatic rings. The van der Waals surface area contributed by atoms with Crippen molar-refractivity contribution in [2.24, 2.45) is 0 Å². The number of rotatable bonds is 8. The minimum Gasteiger partial charge on any atom is -0.478 e. The van der Waals surface area contributed by atoms with Crippen molar-refractivity contribution in [3.05, 3.63) is 84.5 Å². The van der Waals surface area contributed by atoms with Crippen molar-refractivity contribution in [2.45, 2.75) is 25.0 Å². The van der Waals surface area contributed by atoms with Crippen LogP contribution in [-0.4, -0.2) is 42.7 Å². The average Bonchev–Trinajstić information content (AvgIpc) is 2.77. The van der Waals surface area contributed by atoms with Crippen molar-refractivity contribution >= 4 is 11.9 Å². The van der Waals surface area contributed by atoms with Gasteiger partial charge in [0.25, 0.3) is 0 Å². The third-order valence-corrected chi connectivity index (χ3v) is 5.37. The summed E-state index contributed by atoms with van der Waals surface area (Å²) in [4.78, 5) is 23.1. The molecule has 2 aromatic carbocycles. The number of carbonyl (C=O) groups excluding carboxylic acids is 1. The van der Waals surface area contributed by atoms with Crippen LogP contribution in [0.5, 0.6) is 11.5 Å². The second-order valence-corrected chi connectivity index (χ2v) is 7.84. The van der Waals surface area contributed by atoms with Crippen molar-refractivity contribution < 1.29 is 33.6 Å². The summed E-state index contributed by atoms with van der Waals surface area (Å²) in [6, 6.07) is 14.7. The Morgan fingerprint density at radius 2 is 1.47 bits per heavy atom. The maximum Gasteiger partial charge on any atom is 0.338 e. The Morgan fingerprint density at radius 1 is 0.969 bits per heavy atom. The molecule has 0 aliphatic carbocycles. The predicted molar refractivity (Wildman–Crippen MR) is 118 cm³/mol. The van der Waals surface area contributed by atoms with Gasteiger partial charge < -0.3 is 24.1 Å². The van der Waals surface area contributed by atoms with E-state index in [1.165, 1.54) is 0 Å². The molecule has 0 spiro atoms. The Bertz CT molecular complexity index is 952. The molecule has 0 unspecified atom stereocenters. The van der Waals surface area contributed by atoms with E-state index in [4.69, 9.17) is 18.9 Å². The van der Waals surface area contributed by atoms with E-state index < -0.39 is 17.7 Å². The average molecular weight is 438 g/mol. The Kier molecular flexibility index (Phi) is 6.69. The number of hydrogen-bond acceptors (Lipinski definition) is 6. The zero-order chi connectivity index (χ0) is 23.4. The highest BCUT2D eigenvalue weighted by atomic mass is 16.7. The monoisotopic (exact) mass is 438 g/mol. The van der Waals surface area contributed by atoms with Crippen LogP contribution in [0.15, 0.2) is 73.3 Å². The Morgan fingerprint density at radius 3 is 1.91 bits per heavy atom. The maximum atomic E-state index is 11.9. The minimum absolute atomic E-state index is 0.00693. The highest BCUT2D eigenvalue weighted by molar-refractivity contribution is 5.88. The molecule has 0 fully saturated rings. The summed E-state index contributed by atoms with van der Waals surface area (Å²) in [6.45, 7) is 10.9. The van der Waals surface area contributed by atoms with Gasteiger partial charge in [-0.25, -0.2) is 9.59 Å². The van der Waals surface area contributed by atoms with Gasteiger partial charge in [0.15, 0.2) is 0 Å². The molecule has 4 bridgehead atoms. The van der Waals surface area contributed by atoms with Crippen LogP contribution in [0.2, 0.25) is 0 Å². The summed E-state index contributed by atoms with van der Waals surface area (Å²) < 4.78 is 22.6. The first kappa shape index (κ1) is 23.1. The van der Waals surface area contributed by atoms with Gasteiger partial charge in [-0.15, -0.1) is 0 Å². The summed E-state index contributed by atoms with van der Waals surface area (Å²) in [6.07, 6.45) is 1.04. The van der Waals surface area contributed by atoms with Crippen LogP contribution in [0, 0.1) is 0 Å². The molecule has 168 valence electrons. The first-order valence-corrected chi connectivity index (χ1v) is 10.1. The fourth-order valence-electron chi connectivity index (χ4n) is 3.35. The van der Waals surface area contributed by atoms with Gasteiger partial charge in [0, 0.05) is 11.5 Å². The van der Waals surface area contributed by atoms with E-state index in [9.17, 15) is 14.7 Å². The molecule has 0 saturated carbocycles. The van der Waals surface area contributed by atoms with Gasteiger partial charge >= 0.3 is 17.7 Å². The van der Waals surface area contributed by atoms with Crippen LogP contribution in [0.3, 0.4) is 0 Å². The van der Waals surface area contributed by atoms with Crippen LogP contribution < -0.4 is 9.47 Å². The number of carboxylic acid groups (broad SMARTS) is 1. The second-order valence-electron chi connectivity index (χ2n) is 7.84. The largest absolute Gasteiger partial charge is 0.478 e. The maximum absolute atomic E-state index is 11.9. The van der Waals surface area contributed by atoms with Gasteiger partial charge in [-0.3, -0.25) is 0 Å². The molecule has 0 saturated heterocycles. The number of aliphatic carboxylic acids is 1. The topological polar surface area (TPSA) is 91.3 Å². The van der Waals surface area contributed by atoms with E-state index in [0.717, 1.165) is 17.2 Å². The number of carbonyl (C=O) groups is 2. The highest BCUT2D eigenvalue weighted by Crippen LogP contribution is 2.37. The van der Waals surface area contributed by atoms with E-state index in [1.54, 1.807) is 24.3 Å². The van der Waals surface area contributed by atoms with Crippen molar-refractivity contribution in [3.63, 3.8) is 0 Å². The lowest BCUT2D eigenvalue weighted by Crippen LogP contribution is -2.50. The minimum atomic E-state index is -1.86. The first-order valence-electron chi connectivity index (χ1n) is 10.1. The smallest absolute Gasteiger partial charge is 0.338 e. The third-order valence-electron chi connectivity index (χ3n) is 5.37. The lowest BCUT2D eigenvalue weighted by molar-refractivity contribution is -0.156.